The Labute approximate surface area is 127 Å². The minimum Gasteiger partial charge on any atom is -0.313 e. The van der Waals surface area contributed by atoms with Crippen LogP contribution < -0.4 is 4.90 Å². The minimum atomic E-state index is -1.00. The van der Waals surface area contributed by atoms with E-state index in [2.05, 4.69) is 0 Å². The van der Waals surface area contributed by atoms with Crippen LogP contribution in [0.3, 0.4) is 0 Å². The van der Waals surface area contributed by atoms with E-state index in [9.17, 15) is 18.0 Å². The van der Waals surface area contributed by atoms with Crippen molar-refractivity contribution in [3.63, 3.8) is 0 Å². The molecule has 0 unspecified atom stereocenters. The third kappa shape index (κ3) is 3.67. The summed E-state index contributed by atoms with van der Waals surface area (Å²) in [6.45, 7) is 2.06. The zero-order chi connectivity index (χ0) is 16.1. The molecule has 2 aromatic rings. The minimum absolute atomic E-state index is 0.0910. The second kappa shape index (κ2) is 7.11. The van der Waals surface area contributed by atoms with Crippen LogP contribution in [0.2, 0.25) is 0 Å². The van der Waals surface area contributed by atoms with Gasteiger partial charge in [0.15, 0.2) is 11.6 Å². The Morgan fingerprint density at radius 2 is 1.73 bits per heavy atom. The van der Waals surface area contributed by atoms with Gasteiger partial charge in [0.1, 0.15) is 5.82 Å². The van der Waals surface area contributed by atoms with Crippen molar-refractivity contribution in [3.05, 3.63) is 65.5 Å². The maximum absolute atomic E-state index is 13.5. The smallest absolute Gasteiger partial charge is 0.227 e. The average Bonchev–Trinajstić information content (AvgIpc) is 2.50. The SMILES string of the molecule is CCN(C(=O)CCc1ccccc1F)c1ccc(F)c(F)c1. The van der Waals surface area contributed by atoms with E-state index in [1.807, 2.05) is 0 Å². The number of halogens is 3. The molecule has 0 aliphatic carbocycles. The van der Waals surface area contributed by atoms with Crippen molar-refractivity contribution in [2.45, 2.75) is 19.8 Å². The molecule has 0 atom stereocenters. The van der Waals surface area contributed by atoms with Crippen molar-refractivity contribution in [1.82, 2.24) is 0 Å². The summed E-state index contributed by atoms with van der Waals surface area (Å²) in [6.07, 6.45) is 0.347. The van der Waals surface area contributed by atoms with E-state index in [0.29, 0.717) is 17.8 Å². The number of anilines is 1. The average molecular weight is 307 g/mol. The van der Waals surface area contributed by atoms with Crippen molar-refractivity contribution >= 4 is 11.6 Å². The third-order valence-corrected chi connectivity index (χ3v) is 3.40. The van der Waals surface area contributed by atoms with Crippen LogP contribution in [0.15, 0.2) is 42.5 Å². The number of carbonyl (C=O) groups is 1. The first kappa shape index (κ1) is 16.1. The molecule has 0 saturated heterocycles. The van der Waals surface area contributed by atoms with Gasteiger partial charge < -0.3 is 4.90 Å². The van der Waals surface area contributed by atoms with E-state index < -0.39 is 11.6 Å². The number of nitrogens with zero attached hydrogens (tertiary/aromatic N) is 1. The van der Waals surface area contributed by atoms with E-state index in [0.717, 1.165) is 12.1 Å². The fraction of sp³-hybridized carbons (Fsp3) is 0.235. The zero-order valence-electron chi connectivity index (χ0n) is 12.2. The normalized spacial score (nSPS) is 10.5. The summed E-state index contributed by atoms with van der Waals surface area (Å²) in [5, 5.41) is 0. The Balaban J connectivity index is 2.09. The van der Waals surface area contributed by atoms with Crippen LogP contribution in [0.4, 0.5) is 18.9 Å². The predicted molar refractivity (Wildman–Crippen MR) is 79.1 cm³/mol. The number of carbonyl (C=O) groups excluding carboxylic acids is 1. The van der Waals surface area contributed by atoms with Crippen molar-refractivity contribution < 1.29 is 18.0 Å². The number of rotatable bonds is 5. The molecule has 116 valence electrons. The maximum atomic E-state index is 13.5. The van der Waals surface area contributed by atoms with Gasteiger partial charge in [-0.3, -0.25) is 4.79 Å². The van der Waals surface area contributed by atoms with E-state index in [-0.39, 0.29) is 24.6 Å². The monoisotopic (exact) mass is 307 g/mol. The molecule has 0 aliphatic heterocycles. The Hall–Kier alpha value is -2.30. The van der Waals surface area contributed by atoms with E-state index in [4.69, 9.17) is 0 Å². The highest BCUT2D eigenvalue weighted by atomic mass is 19.2. The van der Waals surface area contributed by atoms with Crippen molar-refractivity contribution in [2.75, 3.05) is 11.4 Å². The molecule has 0 heterocycles. The number of hydrogen-bond donors (Lipinski definition) is 0. The lowest BCUT2D eigenvalue weighted by Crippen LogP contribution is -2.31. The third-order valence-electron chi connectivity index (χ3n) is 3.40. The van der Waals surface area contributed by atoms with Gasteiger partial charge in [0.2, 0.25) is 5.91 Å². The molecule has 0 saturated carbocycles. The molecule has 0 radical (unpaired) electrons. The first-order valence-electron chi connectivity index (χ1n) is 7.01. The molecule has 5 heteroatoms. The van der Waals surface area contributed by atoms with Crippen molar-refractivity contribution in [3.8, 4) is 0 Å². The van der Waals surface area contributed by atoms with E-state index in [1.54, 1.807) is 25.1 Å². The van der Waals surface area contributed by atoms with Gasteiger partial charge in [-0.05, 0) is 37.1 Å². The molecule has 0 fully saturated rings. The molecule has 0 N–H and O–H groups in total. The van der Waals surface area contributed by atoms with E-state index in [1.165, 1.54) is 17.0 Å². The van der Waals surface area contributed by atoms with Gasteiger partial charge in [-0.2, -0.15) is 0 Å². The predicted octanol–water partition coefficient (Wildman–Crippen LogP) is 4.09. The summed E-state index contributed by atoms with van der Waals surface area (Å²) in [4.78, 5) is 13.6. The Kier molecular flexibility index (Phi) is 5.20. The number of hydrogen-bond acceptors (Lipinski definition) is 1. The molecular formula is C17H16F3NO. The van der Waals surface area contributed by atoms with Crippen LogP contribution in [0, 0.1) is 17.5 Å². The largest absolute Gasteiger partial charge is 0.313 e. The van der Waals surface area contributed by atoms with Gasteiger partial charge in [-0.1, -0.05) is 18.2 Å². The van der Waals surface area contributed by atoms with Crippen molar-refractivity contribution in [1.29, 1.82) is 0 Å². The maximum Gasteiger partial charge on any atom is 0.227 e. The van der Waals surface area contributed by atoms with Crippen LogP contribution >= 0.6 is 0 Å². The van der Waals surface area contributed by atoms with Crippen LogP contribution in [-0.4, -0.2) is 12.5 Å². The molecule has 0 bridgehead atoms. The lowest BCUT2D eigenvalue weighted by Gasteiger charge is -2.21. The number of amides is 1. The highest BCUT2D eigenvalue weighted by Crippen LogP contribution is 2.19. The fourth-order valence-corrected chi connectivity index (χ4v) is 2.23. The second-order valence-electron chi connectivity index (χ2n) is 4.83. The summed E-state index contributed by atoms with van der Waals surface area (Å²) < 4.78 is 39.8. The molecule has 1 amide bonds. The molecule has 2 rings (SSSR count). The number of aryl methyl sites for hydroxylation is 1. The fourth-order valence-electron chi connectivity index (χ4n) is 2.23. The Morgan fingerprint density at radius 1 is 1.00 bits per heavy atom. The highest BCUT2D eigenvalue weighted by molar-refractivity contribution is 5.93. The van der Waals surface area contributed by atoms with Crippen LogP contribution in [0.5, 0.6) is 0 Å². The van der Waals surface area contributed by atoms with E-state index >= 15 is 0 Å². The summed E-state index contributed by atoms with van der Waals surface area (Å²) in [6, 6.07) is 9.57. The molecule has 0 spiro atoms. The summed E-state index contributed by atoms with van der Waals surface area (Å²) in [5.41, 5.74) is 0.747. The highest BCUT2D eigenvalue weighted by Gasteiger charge is 2.16. The standard InChI is InChI=1S/C17H16F3NO/c1-2-21(13-8-9-15(19)16(20)11-13)17(22)10-7-12-5-3-4-6-14(12)18/h3-6,8-9,11H,2,7,10H2,1H3. The van der Waals surface area contributed by atoms with Gasteiger partial charge in [0.25, 0.3) is 0 Å². The van der Waals surface area contributed by atoms with Crippen molar-refractivity contribution in [2.24, 2.45) is 0 Å². The second-order valence-corrected chi connectivity index (χ2v) is 4.83. The molecular weight excluding hydrogens is 291 g/mol. The first-order chi connectivity index (χ1) is 10.5. The lowest BCUT2D eigenvalue weighted by atomic mass is 10.1. The quantitative estimate of drug-likeness (QED) is 0.815. The van der Waals surface area contributed by atoms with Crippen LogP contribution in [0.25, 0.3) is 0 Å². The lowest BCUT2D eigenvalue weighted by molar-refractivity contribution is -0.118. The summed E-state index contributed by atoms with van der Waals surface area (Å²) >= 11 is 0. The molecule has 2 aromatic carbocycles. The van der Waals surface area contributed by atoms with Gasteiger partial charge >= 0.3 is 0 Å². The Bertz CT molecular complexity index is 673. The first-order valence-corrected chi connectivity index (χ1v) is 7.01. The molecule has 0 aromatic heterocycles. The van der Waals surface area contributed by atoms with Gasteiger partial charge in [-0.25, -0.2) is 13.2 Å². The topological polar surface area (TPSA) is 20.3 Å². The Morgan fingerprint density at radius 3 is 2.36 bits per heavy atom. The summed E-state index contributed by atoms with van der Waals surface area (Å²) in [7, 11) is 0. The molecule has 22 heavy (non-hydrogen) atoms. The number of benzene rings is 2. The molecule has 2 nitrogen and oxygen atoms in total. The van der Waals surface area contributed by atoms with Crippen LogP contribution in [0.1, 0.15) is 18.9 Å². The van der Waals surface area contributed by atoms with Gasteiger partial charge in [0.05, 0.1) is 0 Å². The molecule has 0 aliphatic rings. The zero-order valence-corrected chi connectivity index (χ0v) is 12.2. The summed E-state index contributed by atoms with van der Waals surface area (Å²) in [5.74, 6) is -2.58. The van der Waals surface area contributed by atoms with Gasteiger partial charge in [0, 0.05) is 24.7 Å². The van der Waals surface area contributed by atoms with Crippen LogP contribution in [-0.2, 0) is 11.2 Å². The van der Waals surface area contributed by atoms with Gasteiger partial charge in [-0.15, -0.1) is 0 Å².